The van der Waals surface area contributed by atoms with E-state index in [0.717, 1.165) is 38.7 Å². The molecule has 0 aliphatic rings. The average molecular weight is 356 g/mol. The summed E-state index contributed by atoms with van der Waals surface area (Å²) in [7, 11) is 1.66. The highest BCUT2D eigenvalue weighted by molar-refractivity contribution is 7.17. The SMILES string of the molecule is COc1ccc(-c2csc3nc(C)nc(NCCNC(C)=O)c23)cc1. The lowest BCUT2D eigenvalue weighted by Crippen LogP contribution is -2.26. The Bertz CT molecular complexity index is 890. The van der Waals surface area contributed by atoms with Crippen LogP contribution in [-0.4, -0.2) is 36.1 Å². The first kappa shape index (κ1) is 17.2. The van der Waals surface area contributed by atoms with E-state index in [4.69, 9.17) is 4.74 Å². The normalized spacial score (nSPS) is 10.7. The van der Waals surface area contributed by atoms with Gasteiger partial charge in [-0.05, 0) is 24.6 Å². The first-order valence-corrected chi connectivity index (χ1v) is 8.85. The van der Waals surface area contributed by atoms with Crippen LogP contribution in [0.25, 0.3) is 21.3 Å². The fourth-order valence-electron chi connectivity index (χ4n) is 2.58. The van der Waals surface area contributed by atoms with Gasteiger partial charge in [-0.3, -0.25) is 4.79 Å². The molecule has 0 atom stereocenters. The van der Waals surface area contributed by atoms with Crippen LogP contribution < -0.4 is 15.4 Å². The van der Waals surface area contributed by atoms with Crippen molar-refractivity contribution in [2.45, 2.75) is 13.8 Å². The monoisotopic (exact) mass is 356 g/mol. The van der Waals surface area contributed by atoms with Gasteiger partial charge in [0.05, 0.1) is 12.5 Å². The molecule has 1 amide bonds. The van der Waals surface area contributed by atoms with Gasteiger partial charge in [0.25, 0.3) is 0 Å². The van der Waals surface area contributed by atoms with Crippen LogP contribution in [0.5, 0.6) is 5.75 Å². The quantitative estimate of drug-likeness (QED) is 0.663. The van der Waals surface area contributed by atoms with Crippen molar-refractivity contribution in [1.29, 1.82) is 0 Å². The lowest BCUT2D eigenvalue weighted by atomic mass is 10.1. The zero-order valence-corrected chi connectivity index (χ0v) is 15.2. The molecule has 0 aliphatic carbocycles. The lowest BCUT2D eigenvalue weighted by Gasteiger charge is -2.10. The number of nitrogens with one attached hydrogen (secondary N) is 2. The van der Waals surface area contributed by atoms with E-state index in [2.05, 4.69) is 26.0 Å². The molecule has 0 saturated carbocycles. The molecule has 0 saturated heterocycles. The van der Waals surface area contributed by atoms with Crippen molar-refractivity contribution in [3.8, 4) is 16.9 Å². The second kappa shape index (κ2) is 7.48. The zero-order valence-electron chi connectivity index (χ0n) is 14.4. The molecule has 2 N–H and O–H groups in total. The van der Waals surface area contributed by atoms with Crippen molar-refractivity contribution in [3.05, 3.63) is 35.5 Å². The Balaban J connectivity index is 1.95. The zero-order chi connectivity index (χ0) is 17.8. The first-order chi connectivity index (χ1) is 12.1. The van der Waals surface area contributed by atoms with Crippen molar-refractivity contribution in [2.24, 2.45) is 0 Å². The summed E-state index contributed by atoms with van der Waals surface area (Å²) in [6.45, 7) is 4.53. The molecule has 3 rings (SSSR count). The number of aromatic nitrogens is 2. The van der Waals surface area contributed by atoms with E-state index in [1.165, 1.54) is 6.92 Å². The van der Waals surface area contributed by atoms with Gasteiger partial charge < -0.3 is 15.4 Å². The van der Waals surface area contributed by atoms with Gasteiger partial charge in [-0.25, -0.2) is 9.97 Å². The van der Waals surface area contributed by atoms with Crippen molar-refractivity contribution in [3.63, 3.8) is 0 Å². The summed E-state index contributed by atoms with van der Waals surface area (Å²) in [4.78, 5) is 21.0. The van der Waals surface area contributed by atoms with Crippen LogP contribution in [-0.2, 0) is 4.79 Å². The van der Waals surface area contributed by atoms with Gasteiger partial charge in [0.2, 0.25) is 5.91 Å². The molecule has 130 valence electrons. The molecule has 0 spiro atoms. The third-order valence-electron chi connectivity index (χ3n) is 3.74. The molecule has 0 unspecified atom stereocenters. The number of methoxy groups -OCH3 is 1. The molecule has 25 heavy (non-hydrogen) atoms. The molecular formula is C18H20N4O2S. The number of carbonyl (C=O) groups excluding carboxylic acids is 1. The van der Waals surface area contributed by atoms with Crippen molar-refractivity contribution in [2.75, 3.05) is 25.5 Å². The summed E-state index contributed by atoms with van der Waals surface area (Å²) in [5.41, 5.74) is 2.18. The molecule has 0 bridgehead atoms. The molecule has 6 nitrogen and oxygen atoms in total. The van der Waals surface area contributed by atoms with Gasteiger partial charge in [-0.15, -0.1) is 11.3 Å². The number of rotatable bonds is 6. The van der Waals surface area contributed by atoms with Crippen LogP contribution in [0.4, 0.5) is 5.82 Å². The summed E-state index contributed by atoms with van der Waals surface area (Å²) < 4.78 is 5.23. The number of aryl methyl sites for hydroxylation is 1. The summed E-state index contributed by atoms with van der Waals surface area (Å²) in [6.07, 6.45) is 0. The highest BCUT2D eigenvalue weighted by Crippen LogP contribution is 2.37. The maximum atomic E-state index is 11.0. The Kier molecular flexibility index (Phi) is 5.14. The maximum absolute atomic E-state index is 11.0. The number of amides is 1. The fourth-order valence-corrected chi connectivity index (χ4v) is 3.57. The highest BCUT2D eigenvalue weighted by Gasteiger charge is 2.14. The van der Waals surface area contributed by atoms with Gasteiger partial charge in [-0.1, -0.05) is 12.1 Å². The van der Waals surface area contributed by atoms with Crippen LogP contribution in [0.15, 0.2) is 29.6 Å². The van der Waals surface area contributed by atoms with Crippen molar-refractivity contribution < 1.29 is 9.53 Å². The molecule has 0 fully saturated rings. The van der Waals surface area contributed by atoms with E-state index >= 15 is 0 Å². The van der Waals surface area contributed by atoms with E-state index in [1.807, 2.05) is 31.2 Å². The Morgan fingerprint density at radius 2 is 1.96 bits per heavy atom. The molecule has 1 aromatic carbocycles. The number of hydrogen-bond acceptors (Lipinski definition) is 6. The van der Waals surface area contributed by atoms with E-state index in [-0.39, 0.29) is 5.91 Å². The van der Waals surface area contributed by atoms with E-state index < -0.39 is 0 Å². The number of anilines is 1. The minimum absolute atomic E-state index is 0.0414. The van der Waals surface area contributed by atoms with Gasteiger partial charge >= 0.3 is 0 Å². The number of nitrogens with zero attached hydrogens (tertiary/aromatic N) is 2. The standard InChI is InChI=1S/C18H20N4O2S/c1-11-21-17(20-9-8-19-12(2)23)16-15(10-25-18(16)22-11)13-4-6-14(24-3)7-5-13/h4-7,10H,8-9H2,1-3H3,(H,19,23)(H,20,21,22). The molecule has 7 heteroatoms. The summed E-state index contributed by atoms with van der Waals surface area (Å²) in [6, 6.07) is 7.94. The third-order valence-corrected chi connectivity index (χ3v) is 4.61. The van der Waals surface area contributed by atoms with Crippen LogP contribution in [0.1, 0.15) is 12.7 Å². The summed E-state index contributed by atoms with van der Waals surface area (Å²) in [5.74, 6) is 2.29. The first-order valence-electron chi connectivity index (χ1n) is 7.97. The number of thiophene rings is 1. The Morgan fingerprint density at radius 3 is 2.64 bits per heavy atom. The van der Waals surface area contributed by atoms with Gasteiger partial charge in [0, 0.05) is 31.0 Å². The van der Waals surface area contributed by atoms with Gasteiger partial charge in [-0.2, -0.15) is 0 Å². The summed E-state index contributed by atoms with van der Waals surface area (Å²) >= 11 is 1.60. The predicted molar refractivity (Wildman–Crippen MR) is 101 cm³/mol. The van der Waals surface area contributed by atoms with Crippen LogP contribution in [0.3, 0.4) is 0 Å². The number of carbonyl (C=O) groups is 1. The number of benzene rings is 1. The summed E-state index contributed by atoms with van der Waals surface area (Å²) in [5, 5.41) is 9.19. The van der Waals surface area contributed by atoms with Crippen LogP contribution in [0, 0.1) is 6.92 Å². The molecule has 0 radical (unpaired) electrons. The number of fused-ring (bicyclic) bond motifs is 1. The van der Waals surface area contributed by atoms with E-state index in [9.17, 15) is 4.79 Å². The largest absolute Gasteiger partial charge is 0.497 e. The molecule has 0 aliphatic heterocycles. The Hall–Kier alpha value is -2.67. The molecule has 3 aromatic rings. The highest BCUT2D eigenvalue weighted by atomic mass is 32.1. The maximum Gasteiger partial charge on any atom is 0.216 e. The van der Waals surface area contributed by atoms with Crippen molar-refractivity contribution >= 4 is 33.3 Å². The van der Waals surface area contributed by atoms with E-state index in [0.29, 0.717) is 13.1 Å². The van der Waals surface area contributed by atoms with Crippen LogP contribution in [0.2, 0.25) is 0 Å². The minimum atomic E-state index is -0.0414. The van der Waals surface area contributed by atoms with Crippen molar-refractivity contribution in [1.82, 2.24) is 15.3 Å². The number of hydrogen-bond donors (Lipinski definition) is 2. The number of ether oxygens (including phenoxy) is 1. The Morgan fingerprint density at radius 1 is 1.20 bits per heavy atom. The predicted octanol–water partition coefficient (Wildman–Crippen LogP) is 3.22. The van der Waals surface area contributed by atoms with Crippen LogP contribution >= 0.6 is 11.3 Å². The molecule has 2 heterocycles. The second-order valence-corrected chi connectivity index (χ2v) is 6.45. The Labute approximate surface area is 150 Å². The molecular weight excluding hydrogens is 336 g/mol. The molecule has 2 aromatic heterocycles. The second-order valence-electron chi connectivity index (χ2n) is 5.59. The third kappa shape index (κ3) is 3.88. The fraction of sp³-hybridized carbons (Fsp3) is 0.278. The van der Waals surface area contributed by atoms with Gasteiger partial charge in [0.15, 0.2) is 0 Å². The van der Waals surface area contributed by atoms with Gasteiger partial charge in [0.1, 0.15) is 22.2 Å². The lowest BCUT2D eigenvalue weighted by molar-refractivity contribution is -0.118. The smallest absolute Gasteiger partial charge is 0.216 e. The van der Waals surface area contributed by atoms with E-state index in [1.54, 1.807) is 18.4 Å². The minimum Gasteiger partial charge on any atom is -0.497 e. The topological polar surface area (TPSA) is 76.1 Å². The average Bonchev–Trinajstić information content (AvgIpc) is 3.02.